The molecule has 2 aromatic rings. The number of thiophene rings is 1. The first-order valence-electron chi connectivity index (χ1n) is 7.42. The lowest BCUT2D eigenvalue weighted by atomic mass is 10.3. The van der Waals surface area contributed by atoms with Crippen molar-refractivity contribution in [3.63, 3.8) is 0 Å². The van der Waals surface area contributed by atoms with Gasteiger partial charge in [-0.1, -0.05) is 6.07 Å². The van der Waals surface area contributed by atoms with Crippen molar-refractivity contribution in [2.75, 3.05) is 27.8 Å². The second-order valence-corrected chi connectivity index (χ2v) is 8.08. The molecule has 0 fully saturated rings. The number of sulfonamides is 1. The fourth-order valence-corrected chi connectivity index (χ4v) is 3.89. The molecule has 10 heteroatoms. The number of nitrogens with zero attached hydrogens (tertiary/aromatic N) is 2. The van der Waals surface area contributed by atoms with Crippen LogP contribution in [0.1, 0.15) is 4.88 Å². The minimum Gasteiger partial charge on any atom is -0.497 e. The Morgan fingerprint density at radius 1 is 1.31 bits per heavy atom. The number of ether oxygens (including phenoxy) is 2. The van der Waals surface area contributed by atoms with Gasteiger partial charge in [0.05, 0.1) is 27.0 Å². The fraction of sp³-hybridized carbons (Fsp3) is 0.250. The molecular formula is C16H19N3O5S2. The van der Waals surface area contributed by atoms with Gasteiger partial charge >= 0.3 is 0 Å². The zero-order valence-corrected chi connectivity index (χ0v) is 16.1. The van der Waals surface area contributed by atoms with Gasteiger partial charge in [0, 0.05) is 18.0 Å². The van der Waals surface area contributed by atoms with Crippen LogP contribution in [0.5, 0.6) is 11.5 Å². The third kappa shape index (κ3) is 4.81. The highest BCUT2D eigenvalue weighted by Crippen LogP contribution is 2.29. The standard InChI is InChI=1S/C16H19N3O5S2/c1-19(11-16(20)18-17-10-13-5-4-8-25-13)26(21,22)15-9-12(23-2)6-7-14(15)24-3/h4-10H,11H2,1-3H3,(H,18,20)/b17-10+. The van der Waals surface area contributed by atoms with Crippen LogP contribution in [0.2, 0.25) is 0 Å². The minimum absolute atomic E-state index is 0.0864. The predicted molar refractivity (Wildman–Crippen MR) is 99.4 cm³/mol. The van der Waals surface area contributed by atoms with E-state index in [9.17, 15) is 13.2 Å². The van der Waals surface area contributed by atoms with E-state index in [-0.39, 0.29) is 10.6 Å². The Morgan fingerprint density at radius 3 is 2.69 bits per heavy atom. The van der Waals surface area contributed by atoms with E-state index in [2.05, 4.69) is 10.5 Å². The minimum atomic E-state index is -3.96. The van der Waals surface area contributed by atoms with Gasteiger partial charge in [-0.15, -0.1) is 11.3 Å². The number of rotatable bonds is 8. The summed E-state index contributed by atoms with van der Waals surface area (Å²) in [6.45, 7) is -0.398. The Bertz CT molecular complexity index is 879. The van der Waals surface area contributed by atoms with Gasteiger partial charge in [-0.2, -0.15) is 9.41 Å². The molecule has 0 saturated heterocycles. The summed E-state index contributed by atoms with van der Waals surface area (Å²) in [5, 5.41) is 5.68. The molecule has 140 valence electrons. The fourth-order valence-electron chi connectivity index (χ4n) is 2.01. The number of methoxy groups -OCH3 is 2. The summed E-state index contributed by atoms with van der Waals surface area (Å²) in [6, 6.07) is 8.12. The van der Waals surface area contributed by atoms with E-state index >= 15 is 0 Å². The average molecular weight is 397 g/mol. The molecule has 1 N–H and O–H groups in total. The van der Waals surface area contributed by atoms with E-state index in [1.807, 2.05) is 17.5 Å². The highest BCUT2D eigenvalue weighted by molar-refractivity contribution is 7.89. The van der Waals surface area contributed by atoms with E-state index in [4.69, 9.17) is 9.47 Å². The SMILES string of the molecule is COc1ccc(OC)c(S(=O)(=O)N(C)CC(=O)N/N=C/c2cccs2)c1. The molecule has 1 aromatic carbocycles. The molecule has 0 spiro atoms. The van der Waals surface area contributed by atoms with Crippen molar-refractivity contribution < 1.29 is 22.7 Å². The normalized spacial score (nSPS) is 11.7. The summed E-state index contributed by atoms with van der Waals surface area (Å²) < 4.78 is 36.6. The molecule has 1 aromatic heterocycles. The van der Waals surface area contributed by atoms with Crippen LogP contribution in [0.15, 0.2) is 45.7 Å². The first-order valence-corrected chi connectivity index (χ1v) is 9.74. The summed E-state index contributed by atoms with van der Waals surface area (Å²) in [5.74, 6) is -0.0395. The molecule has 0 radical (unpaired) electrons. The molecular weight excluding hydrogens is 378 g/mol. The van der Waals surface area contributed by atoms with Crippen molar-refractivity contribution >= 4 is 33.5 Å². The summed E-state index contributed by atoms with van der Waals surface area (Å²) in [5.41, 5.74) is 2.30. The van der Waals surface area contributed by atoms with Gasteiger partial charge in [-0.3, -0.25) is 4.79 Å². The number of hydrogen-bond acceptors (Lipinski definition) is 7. The Hall–Kier alpha value is -2.43. The van der Waals surface area contributed by atoms with E-state index in [1.165, 1.54) is 51.0 Å². The topological polar surface area (TPSA) is 97.3 Å². The molecule has 0 saturated carbocycles. The van der Waals surface area contributed by atoms with Gasteiger partial charge in [-0.05, 0) is 23.6 Å². The van der Waals surface area contributed by atoms with Gasteiger partial charge < -0.3 is 9.47 Å². The number of hydrazone groups is 1. The van der Waals surface area contributed by atoms with Crippen molar-refractivity contribution in [1.29, 1.82) is 0 Å². The van der Waals surface area contributed by atoms with Crippen LogP contribution in [-0.2, 0) is 14.8 Å². The van der Waals surface area contributed by atoms with Crippen molar-refractivity contribution in [1.82, 2.24) is 9.73 Å². The summed E-state index contributed by atoms with van der Waals surface area (Å²) in [7, 11) is 0.142. The Labute approximate surface area is 156 Å². The first-order chi connectivity index (χ1) is 12.4. The second kappa shape index (κ2) is 8.79. The van der Waals surface area contributed by atoms with Gasteiger partial charge in [-0.25, -0.2) is 13.8 Å². The molecule has 1 amide bonds. The lowest BCUT2D eigenvalue weighted by molar-refractivity contribution is -0.121. The zero-order valence-electron chi connectivity index (χ0n) is 14.5. The molecule has 0 aliphatic carbocycles. The second-order valence-electron chi connectivity index (χ2n) is 5.09. The molecule has 0 aliphatic rings. The van der Waals surface area contributed by atoms with Crippen LogP contribution in [0, 0.1) is 0 Å². The highest BCUT2D eigenvalue weighted by Gasteiger charge is 2.27. The number of carbonyl (C=O) groups excluding carboxylic acids is 1. The van der Waals surface area contributed by atoms with Crippen LogP contribution in [0.4, 0.5) is 0 Å². The van der Waals surface area contributed by atoms with Crippen LogP contribution in [-0.4, -0.2) is 52.7 Å². The molecule has 0 aliphatic heterocycles. The summed E-state index contributed by atoms with van der Waals surface area (Å²) >= 11 is 1.46. The number of hydrogen-bond donors (Lipinski definition) is 1. The maximum atomic E-state index is 12.7. The van der Waals surface area contributed by atoms with Crippen LogP contribution >= 0.6 is 11.3 Å². The number of benzene rings is 1. The van der Waals surface area contributed by atoms with E-state index in [1.54, 1.807) is 6.07 Å². The predicted octanol–water partition coefficient (Wildman–Crippen LogP) is 1.54. The third-order valence-electron chi connectivity index (χ3n) is 3.35. The maximum absolute atomic E-state index is 12.7. The van der Waals surface area contributed by atoms with E-state index in [0.717, 1.165) is 9.18 Å². The van der Waals surface area contributed by atoms with E-state index in [0.29, 0.717) is 5.75 Å². The monoisotopic (exact) mass is 397 g/mol. The van der Waals surface area contributed by atoms with Gasteiger partial charge in [0.1, 0.15) is 16.4 Å². The number of carbonyl (C=O) groups is 1. The lowest BCUT2D eigenvalue weighted by Crippen LogP contribution is -2.36. The third-order valence-corrected chi connectivity index (χ3v) is 5.98. The molecule has 2 rings (SSSR count). The maximum Gasteiger partial charge on any atom is 0.255 e. The molecule has 0 atom stereocenters. The summed E-state index contributed by atoms with van der Waals surface area (Å²) in [6.07, 6.45) is 1.49. The quantitative estimate of drug-likeness (QED) is 0.538. The average Bonchev–Trinajstić information content (AvgIpc) is 3.14. The highest BCUT2D eigenvalue weighted by atomic mass is 32.2. The molecule has 26 heavy (non-hydrogen) atoms. The number of amides is 1. The zero-order chi connectivity index (χ0) is 19.2. The molecule has 8 nitrogen and oxygen atoms in total. The van der Waals surface area contributed by atoms with Crippen molar-refractivity contribution in [2.45, 2.75) is 4.90 Å². The van der Waals surface area contributed by atoms with Gasteiger partial charge in [0.25, 0.3) is 5.91 Å². The Morgan fingerprint density at radius 2 is 2.08 bits per heavy atom. The summed E-state index contributed by atoms with van der Waals surface area (Å²) in [4.78, 5) is 12.7. The van der Waals surface area contributed by atoms with Gasteiger partial charge in [0.2, 0.25) is 10.0 Å². The molecule has 0 unspecified atom stereocenters. The molecule has 1 heterocycles. The van der Waals surface area contributed by atoms with Crippen molar-refractivity contribution in [2.24, 2.45) is 5.10 Å². The number of nitrogens with one attached hydrogen (secondary N) is 1. The van der Waals surface area contributed by atoms with E-state index < -0.39 is 22.5 Å². The molecule has 0 bridgehead atoms. The smallest absolute Gasteiger partial charge is 0.255 e. The first kappa shape index (κ1) is 19.9. The van der Waals surface area contributed by atoms with Crippen molar-refractivity contribution in [3.8, 4) is 11.5 Å². The lowest BCUT2D eigenvalue weighted by Gasteiger charge is -2.18. The van der Waals surface area contributed by atoms with Crippen LogP contribution in [0.3, 0.4) is 0 Å². The van der Waals surface area contributed by atoms with Crippen molar-refractivity contribution in [3.05, 3.63) is 40.6 Å². The Balaban J connectivity index is 2.10. The van der Waals surface area contributed by atoms with Crippen LogP contribution in [0.25, 0.3) is 0 Å². The number of likely N-dealkylation sites (N-methyl/N-ethyl adjacent to an activating group) is 1. The van der Waals surface area contributed by atoms with Crippen LogP contribution < -0.4 is 14.9 Å². The van der Waals surface area contributed by atoms with Gasteiger partial charge in [0.15, 0.2) is 0 Å². The largest absolute Gasteiger partial charge is 0.497 e. The Kier molecular flexibility index (Phi) is 6.72.